The van der Waals surface area contributed by atoms with E-state index in [2.05, 4.69) is 15.3 Å². The first-order valence-corrected chi connectivity index (χ1v) is 7.44. The van der Waals surface area contributed by atoms with Gasteiger partial charge in [-0.3, -0.25) is 9.59 Å². The van der Waals surface area contributed by atoms with Crippen molar-refractivity contribution in [2.24, 2.45) is 11.3 Å². The van der Waals surface area contributed by atoms with Crippen LogP contribution in [0.5, 0.6) is 0 Å². The van der Waals surface area contributed by atoms with E-state index in [-0.39, 0.29) is 19.0 Å². The number of carboxylic acid groups (broad SMARTS) is 1. The van der Waals surface area contributed by atoms with Crippen LogP contribution in [0.25, 0.3) is 10.2 Å². The van der Waals surface area contributed by atoms with Gasteiger partial charge in [0.2, 0.25) is 5.91 Å². The lowest BCUT2D eigenvalue weighted by atomic mass is 9.81. The first-order chi connectivity index (χ1) is 10.1. The van der Waals surface area contributed by atoms with Crippen LogP contribution in [-0.2, 0) is 9.59 Å². The molecule has 4 heterocycles. The molecule has 2 aliphatic rings. The average Bonchev–Trinajstić information content (AvgIpc) is 3.14. The third-order valence-electron chi connectivity index (χ3n) is 4.40. The molecule has 7 nitrogen and oxygen atoms in total. The van der Waals surface area contributed by atoms with E-state index in [1.165, 1.54) is 17.7 Å². The van der Waals surface area contributed by atoms with Gasteiger partial charge < -0.3 is 15.3 Å². The van der Waals surface area contributed by atoms with E-state index >= 15 is 0 Å². The summed E-state index contributed by atoms with van der Waals surface area (Å²) >= 11 is 1.51. The predicted octanol–water partition coefficient (Wildman–Crippen LogP) is 0.328. The van der Waals surface area contributed by atoms with Gasteiger partial charge in [-0.2, -0.15) is 0 Å². The summed E-state index contributed by atoms with van der Waals surface area (Å²) in [6.07, 6.45) is 1.48. The van der Waals surface area contributed by atoms with Crippen molar-refractivity contribution in [1.29, 1.82) is 0 Å². The van der Waals surface area contributed by atoms with Crippen molar-refractivity contribution in [1.82, 2.24) is 15.3 Å². The van der Waals surface area contributed by atoms with E-state index in [0.29, 0.717) is 12.4 Å². The zero-order chi connectivity index (χ0) is 14.6. The maximum absolute atomic E-state index is 11.9. The topological polar surface area (TPSA) is 95.4 Å². The van der Waals surface area contributed by atoms with Crippen LogP contribution in [0.1, 0.15) is 0 Å². The predicted molar refractivity (Wildman–Crippen MR) is 76.2 cm³/mol. The molecule has 2 N–H and O–H groups in total. The number of rotatable bonds is 2. The van der Waals surface area contributed by atoms with E-state index in [4.69, 9.17) is 0 Å². The normalized spacial score (nSPS) is 27.9. The van der Waals surface area contributed by atoms with Crippen LogP contribution < -0.4 is 10.2 Å². The number of aliphatic carboxylic acids is 1. The van der Waals surface area contributed by atoms with Gasteiger partial charge in [0.15, 0.2) is 0 Å². The molecule has 2 atom stereocenters. The number of nitrogens with zero attached hydrogens (tertiary/aromatic N) is 3. The van der Waals surface area contributed by atoms with Gasteiger partial charge >= 0.3 is 5.97 Å². The molecular formula is C13H12N4O3S. The molecule has 0 bridgehead atoms. The highest BCUT2D eigenvalue weighted by Gasteiger charge is 2.59. The first kappa shape index (κ1) is 12.5. The summed E-state index contributed by atoms with van der Waals surface area (Å²) < 4.78 is 0. The molecule has 0 spiro atoms. The second kappa shape index (κ2) is 4.14. The average molecular weight is 304 g/mol. The Morgan fingerprint density at radius 1 is 1.52 bits per heavy atom. The van der Waals surface area contributed by atoms with Crippen LogP contribution in [0.4, 0.5) is 5.82 Å². The lowest BCUT2D eigenvalue weighted by molar-refractivity contribution is -0.149. The number of amides is 1. The van der Waals surface area contributed by atoms with Crippen molar-refractivity contribution in [3.63, 3.8) is 0 Å². The second-order valence-electron chi connectivity index (χ2n) is 5.45. The number of anilines is 1. The Morgan fingerprint density at radius 3 is 3.14 bits per heavy atom. The fourth-order valence-corrected chi connectivity index (χ4v) is 4.00. The summed E-state index contributed by atoms with van der Waals surface area (Å²) in [5, 5.41) is 15.1. The minimum absolute atomic E-state index is 0.181. The summed E-state index contributed by atoms with van der Waals surface area (Å²) in [5.74, 6) is -0.929. The monoisotopic (exact) mass is 304 g/mol. The molecule has 2 aliphatic heterocycles. The minimum Gasteiger partial charge on any atom is -0.481 e. The number of fused-ring (bicyclic) bond motifs is 2. The molecule has 21 heavy (non-hydrogen) atoms. The van der Waals surface area contributed by atoms with Gasteiger partial charge in [-0.1, -0.05) is 0 Å². The molecule has 0 aromatic carbocycles. The second-order valence-corrected chi connectivity index (χ2v) is 6.34. The summed E-state index contributed by atoms with van der Waals surface area (Å²) in [6, 6.07) is 1.93. The molecule has 1 amide bonds. The molecule has 0 aliphatic carbocycles. The molecular weight excluding hydrogens is 292 g/mol. The van der Waals surface area contributed by atoms with Gasteiger partial charge in [-0.15, -0.1) is 11.3 Å². The minimum atomic E-state index is -1.05. The van der Waals surface area contributed by atoms with Gasteiger partial charge in [0.25, 0.3) is 0 Å². The summed E-state index contributed by atoms with van der Waals surface area (Å²) in [4.78, 5) is 34.9. The molecule has 4 rings (SSSR count). The van der Waals surface area contributed by atoms with E-state index < -0.39 is 17.3 Å². The quantitative estimate of drug-likeness (QED) is 0.830. The maximum Gasteiger partial charge on any atom is 0.314 e. The third kappa shape index (κ3) is 1.59. The Bertz CT molecular complexity index is 761. The Hall–Kier alpha value is -2.22. The van der Waals surface area contributed by atoms with Crippen molar-refractivity contribution >= 4 is 39.2 Å². The van der Waals surface area contributed by atoms with Crippen LogP contribution in [0.3, 0.4) is 0 Å². The Kier molecular flexibility index (Phi) is 2.47. The Labute approximate surface area is 123 Å². The van der Waals surface area contributed by atoms with Crippen LogP contribution >= 0.6 is 11.3 Å². The molecule has 8 heteroatoms. The first-order valence-electron chi connectivity index (χ1n) is 6.56. The van der Waals surface area contributed by atoms with Gasteiger partial charge in [-0.05, 0) is 11.4 Å². The molecule has 108 valence electrons. The lowest BCUT2D eigenvalue weighted by Crippen LogP contribution is -2.40. The fraction of sp³-hybridized carbons (Fsp3) is 0.385. The smallest absolute Gasteiger partial charge is 0.314 e. The highest BCUT2D eigenvalue weighted by molar-refractivity contribution is 7.16. The summed E-state index contributed by atoms with van der Waals surface area (Å²) in [6.45, 7) is 0.841. The van der Waals surface area contributed by atoms with E-state index in [1.54, 1.807) is 0 Å². The number of carbonyl (C=O) groups is 2. The van der Waals surface area contributed by atoms with Crippen LogP contribution in [0, 0.1) is 11.3 Å². The standard InChI is InChI=1S/C13H12N4O3S/c18-10-8-3-17(5-13(8,4-14-10)12(19)20)9-7-1-2-21-11(7)16-6-15-9/h1-2,6,8H,3-5H2,(H,14,18)(H,19,20)/t8-,13+/m0/s1. The van der Waals surface area contributed by atoms with E-state index in [1.807, 2.05) is 16.3 Å². The van der Waals surface area contributed by atoms with Crippen molar-refractivity contribution in [2.75, 3.05) is 24.5 Å². The highest BCUT2D eigenvalue weighted by Crippen LogP contribution is 2.42. The van der Waals surface area contributed by atoms with Gasteiger partial charge in [-0.25, -0.2) is 9.97 Å². The third-order valence-corrected chi connectivity index (χ3v) is 5.22. The van der Waals surface area contributed by atoms with E-state index in [0.717, 1.165) is 10.2 Å². The van der Waals surface area contributed by atoms with Crippen molar-refractivity contribution in [3.05, 3.63) is 17.8 Å². The Morgan fingerprint density at radius 2 is 2.38 bits per heavy atom. The maximum atomic E-state index is 11.9. The molecule has 2 aromatic heterocycles. The number of carboxylic acids is 1. The SMILES string of the molecule is O=C1NC[C@@]2(C(=O)O)CN(c3ncnc4sccc34)C[C@@H]12. The zero-order valence-electron chi connectivity index (χ0n) is 10.9. The molecule has 2 fully saturated rings. The molecule has 0 unspecified atom stereocenters. The fourth-order valence-electron chi connectivity index (χ4n) is 3.27. The van der Waals surface area contributed by atoms with E-state index in [9.17, 15) is 14.7 Å². The van der Waals surface area contributed by atoms with Gasteiger partial charge in [0.05, 0.1) is 11.3 Å². The number of thiophene rings is 1. The number of hydrogen-bond donors (Lipinski definition) is 2. The summed E-state index contributed by atoms with van der Waals surface area (Å²) in [7, 11) is 0. The van der Waals surface area contributed by atoms with Crippen LogP contribution in [-0.4, -0.2) is 46.6 Å². The highest BCUT2D eigenvalue weighted by atomic mass is 32.1. The zero-order valence-corrected chi connectivity index (χ0v) is 11.8. The van der Waals surface area contributed by atoms with Gasteiger partial charge in [0.1, 0.15) is 22.4 Å². The number of carbonyl (C=O) groups excluding carboxylic acids is 1. The van der Waals surface area contributed by atoms with Crippen LogP contribution in [0.2, 0.25) is 0 Å². The molecule has 0 saturated carbocycles. The van der Waals surface area contributed by atoms with Crippen molar-refractivity contribution in [2.45, 2.75) is 0 Å². The van der Waals surface area contributed by atoms with Crippen LogP contribution in [0.15, 0.2) is 17.8 Å². The van der Waals surface area contributed by atoms with Crippen molar-refractivity contribution in [3.8, 4) is 0 Å². The molecule has 0 radical (unpaired) electrons. The molecule has 2 aromatic rings. The van der Waals surface area contributed by atoms with Crippen molar-refractivity contribution < 1.29 is 14.7 Å². The number of aromatic nitrogens is 2. The lowest BCUT2D eigenvalue weighted by Gasteiger charge is -2.22. The summed E-state index contributed by atoms with van der Waals surface area (Å²) in [5.41, 5.74) is -1.05. The Balaban J connectivity index is 1.78. The van der Waals surface area contributed by atoms with Gasteiger partial charge in [0, 0.05) is 19.6 Å². The number of hydrogen-bond acceptors (Lipinski definition) is 6. The largest absolute Gasteiger partial charge is 0.481 e. The molecule has 2 saturated heterocycles. The number of nitrogens with one attached hydrogen (secondary N) is 1.